The number of unbranched alkanes of at least 4 members (excludes halogenated alkanes) is 4. The largest absolute Gasteiger partial charge is 0.468 e. The fraction of sp³-hybridized carbons (Fsp3) is 0.452. The number of hydrogen-bond acceptors (Lipinski definition) is 5. The summed E-state index contributed by atoms with van der Waals surface area (Å²) in [4.78, 5) is 37.5. The number of rotatable bonds is 15. The number of nitrogens with one attached hydrogen (secondary N) is 3. The topological polar surface area (TPSA) is 136 Å². The molecule has 9 nitrogen and oxygen atoms in total. The Morgan fingerprint density at radius 2 is 1.52 bits per heavy atom. The van der Waals surface area contributed by atoms with Gasteiger partial charge in [0, 0.05) is 30.3 Å². The number of alkyl carbamates (subject to hydrolysis) is 1. The van der Waals surface area contributed by atoms with Crippen LogP contribution in [0.15, 0.2) is 65.3 Å². The summed E-state index contributed by atoms with van der Waals surface area (Å²) in [7, 11) is 0. The van der Waals surface area contributed by atoms with Gasteiger partial charge in [0.15, 0.2) is 0 Å². The third kappa shape index (κ3) is 9.03. The van der Waals surface area contributed by atoms with Gasteiger partial charge in [-0.1, -0.05) is 87.7 Å². The van der Waals surface area contributed by atoms with Gasteiger partial charge in [0.1, 0.15) is 17.4 Å². The number of benzene rings is 2. The zero-order chi connectivity index (χ0) is 29.0. The first-order chi connectivity index (χ1) is 19.2. The van der Waals surface area contributed by atoms with Crippen LogP contribution >= 0.6 is 0 Å². The Labute approximate surface area is 236 Å². The maximum absolute atomic E-state index is 13.5. The number of carbonyl (C=O) groups is 3. The number of nitrogens with two attached hydrogens (primary N) is 1. The van der Waals surface area contributed by atoms with Gasteiger partial charge in [0.05, 0.1) is 6.26 Å². The molecule has 5 N–H and O–H groups in total. The van der Waals surface area contributed by atoms with Crippen LogP contribution in [-0.2, 0) is 16.0 Å². The standard InChI is InChI=1S/C31H42N4O5/c1-22(2)27(23-14-8-7-9-15-23)40-30(38)35-31(3,20-26-25-17-11-10-16-24(25)21-39-26)28(36)33-18-12-5-4-6-13-19-34-29(32)37/h7-11,14-17,21-22,27H,4-6,12-13,18-20H2,1-3H3,(H,33,36)(H,35,38)(H3,32,34,37). The van der Waals surface area contributed by atoms with Gasteiger partial charge in [-0.15, -0.1) is 0 Å². The molecule has 2 atom stereocenters. The highest BCUT2D eigenvalue weighted by Gasteiger charge is 2.38. The molecule has 4 amide bonds. The molecule has 40 heavy (non-hydrogen) atoms. The van der Waals surface area contributed by atoms with E-state index < -0.39 is 23.8 Å². The Bertz CT molecular complexity index is 1240. The van der Waals surface area contributed by atoms with Crippen LogP contribution in [0.1, 0.15) is 70.3 Å². The van der Waals surface area contributed by atoms with Gasteiger partial charge in [-0.2, -0.15) is 0 Å². The van der Waals surface area contributed by atoms with Gasteiger partial charge >= 0.3 is 12.1 Å². The summed E-state index contributed by atoms with van der Waals surface area (Å²) in [5.41, 5.74) is 4.65. The van der Waals surface area contributed by atoms with Crippen LogP contribution in [0.4, 0.5) is 9.59 Å². The highest BCUT2D eigenvalue weighted by molar-refractivity contribution is 5.91. The summed E-state index contributed by atoms with van der Waals surface area (Å²) in [6.07, 6.45) is 5.21. The molecule has 0 radical (unpaired) electrons. The fourth-order valence-electron chi connectivity index (χ4n) is 4.68. The number of amides is 4. The maximum atomic E-state index is 13.5. The maximum Gasteiger partial charge on any atom is 0.408 e. The van der Waals surface area contributed by atoms with Gasteiger partial charge in [-0.05, 0) is 31.2 Å². The Morgan fingerprint density at radius 1 is 0.900 bits per heavy atom. The van der Waals surface area contributed by atoms with E-state index in [-0.39, 0.29) is 18.2 Å². The Balaban J connectivity index is 1.64. The van der Waals surface area contributed by atoms with E-state index in [4.69, 9.17) is 14.9 Å². The lowest BCUT2D eigenvalue weighted by molar-refractivity contribution is -0.127. The molecule has 0 spiro atoms. The minimum Gasteiger partial charge on any atom is -0.468 e. The molecule has 0 saturated heterocycles. The van der Waals surface area contributed by atoms with Crippen molar-refractivity contribution in [2.45, 2.75) is 70.9 Å². The fourth-order valence-corrected chi connectivity index (χ4v) is 4.68. The molecule has 9 heteroatoms. The summed E-state index contributed by atoms with van der Waals surface area (Å²) in [5, 5.41) is 10.3. The van der Waals surface area contributed by atoms with E-state index in [1.165, 1.54) is 0 Å². The lowest BCUT2D eigenvalue weighted by atomic mass is 9.93. The number of furan rings is 1. The normalized spacial score (nSPS) is 13.4. The van der Waals surface area contributed by atoms with E-state index in [1.807, 2.05) is 68.4 Å². The SMILES string of the molecule is CC(C)C(OC(=O)NC(C)(Cc1occ2ccccc12)C(=O)NCCCCCCCNC(N)=O)c1ccccc1. The number of carbonyl (C=O) groups excluding carboxylic acids is 3. The van der Waals surface area contributed by atoms with Crippen molar-refractivity contribution in [3.05, 3.63) is 72.2 Å². The molecule has 2 unspecified atom stereocenters. The summed E-state index contributed by atoms with van der Waals surface area (Å²) in [6, 6.07) is 16.8. The van der Waals surface area contributed by atoms with Gasteiger partial charge in [0.25, 0.3) is 0 Å². The summed E-state index contributed by atoms with van der Waals surface area (Å²) >= 11 is 0. The van der Waals surface area contributed by atoms with Crippen LogP contribution in [0.3, 0.4) is 0 Å². The first kappa shape index (κ1) is 30.5. The molecule has 0 aliphatic carbocycles. The smallest absolute Gasteiger partial charge is 0.408 e. The van der Waals surface area contributed by atoms with Crippen LogP contribution in [-0.4, -0.2) is 36.7 Å². The van der Waals surface area contributed by atoms with Gasteiger partial charge in [0.2, 0.25) is 5.91 Å². The Kier molecular flexibility index (Phi) is 11.4. The van der Waals surface area contributed by atoms with Crippen molar-refractivity contribution in [2.24, 2.45) is 11.7 Å². The van der Waals surface area contributed by atoms with E-state index in [9.17, 15) is 14.4 Å². The predicted molar refractivity (Wildman–Crippen MR) is 156 cm³/mol. The zero-order valence-corrected chi connectivity index (χ0v) is 23.7. The van der Waals surface area contributed by atoms with E-state index in [0.717, 1.165) is 48.4 Å². The molecule has 3 aromatic rings. The van der Waals surface area contributed by atoms with Crippen molar-refractivity contribution in [2.75, 3.05) is 13.1 Å². The molecule has 0 aliphatic rings. The molecule has 0 aliphatic heterocycles. The number of urea groups is 1. The van der Waals surface area contributed by atoms with Crippen LogP contribution in [0, 0.1) is 5.92 Å². The first-order valence-corrected chi connectivity index (χ1v) is 14.0. The second-order valence-electron chi connectivity index (χ2n) is 10.7. The molecule has 1 aromatic heterocycles. The second kappa shape index (κ2) is 15.0. The van der Waals surface area contributed by atoms with Crippen molar-refractivity contribution in [3.63, 3.8) is 0 Å². The Morgan fingerprint density at radius 3 is 2.20 bits per heavy atom. The average molecular weight is 551 g/mol. The molecule has 1 heterocycles. The molecule has 0 fully saturated rings. The second-order valence-corrected chi connectivity index (χ2v) is 10.7. The van der Waals surface area contributed by atoms with Crippen molar-refractivity contribution in [1.29, 1.82) is 0 Å². The van der Waals surface area contributed by atoms with Crippen LogP contribution < -0.4 is 21.7 Å². The molecule has 0 bridgehead atoms. The molecular formula is C31H42N4O5. The highest BCUT2D eigenvalue weighted by Crippen LogP contribution is 2.28. The number of ether oxygens (including phenoxy) is 1. The van der Waals surface area contributed by atoms with E-state index >= 15 is 0 Å². The molecule has 0 saturated carbocycles. The summed E-state index contributed by atoms with van der Waals surface area (Å²) in [6.45, 7) is 6.71. The third-order valence-electron chi connectivity index (χ3n) is 6.89. The van der Waals surface area contributed by atoms with Gasteiger partial charge in [-0.3, -0.25) is 4.79 Å². The summed E-state index contributed by atoms with van der Waals surface area (Å²) in [5.74, 6) is 0.340. The third-order valence-corrected chi connectivity index (χ3v) is 6.89. The average Bonchev–Trinajstić information content (AvgIpc) is 3.33. The van der Waals surface area contributed by atoms with E-state index in [1.54, 1.807) is 13.2 Å². The van der Waals surface area contributed by atoms with Gasteiger partial charge < -0.3 is 30.8 Å². The minimum atomic E-state index is -1.31. The highest BCUT2D eigenvalue weighted by atomic mass is 16.6. The van der Waals surface area contributed by atoms with Crippen LogP contribution in [0.25, 0.3) is 10.8 Å². The molecule has 2 aromatic carbocycles. The number of hydrogen-bond donors (Lipinski definition) is 4. The monoisotopic (exact) mass is 550 g/mol. The van der Waals surface area contributed by atoms with Gasteiger partial charge in [-0.25, -0.2) is 9.59 Å². The van der Waals surface area contributed by atoms with E-state index in [2.05, 4.69) is 16.0 Å². The van der Waals surface area contributed by atoms with Crippen molar-refractivity contribution < 1.29 is 23.5 Å². The summed E-state index contributed by atoms with van der Waals surface area (Å²) < 4.78 is 11.7. The first-order valence-electron chi connectivity index (χ1n) is 14.0. The lowest BCUT2D eigenvalue weighted by Crippen LogP contribution is -2.58. The molecular weight excluding hydrogens is 508 g/mol. The van der Waals surface area contributed by atoms with Crippen molar-refractivity contribution >= 4 is 28.8 Å². The van der Waals surface area contributed by atoms with Crippen molar-refractivity contribution in [3.8, 4) is 0 Å². The van der Waals surface area contributed by atoms with Crippen molar-refractivity contribution in [1.82, 2.24) is 16.0 Å². The molecule has 3 rings (SSSR count). The molecule has 216 valence electrons. The quantitative estimate of drug-likeness (QED) is 0.183. The lowest BCUT2D eigenvalue weighted by Gasteiger charge is -2.30. The number of fused-ring (bicyclic) bond motifs is 1. The predicted octanol–water partition coefficient (Wildman–Crippen LogP) is 5.59. The van der Waals surface area contributed by atoms with Crippen LogP contribution in [0.5, 0.6) is 0 Å². The van der Waals surface area contributed by atoms with E-state index in [0.29, 0.717) is 18.8 Å². The Hall–Kier alpha value is -4.01. The number of primary amides is 1. The minimum absolute atomic E-state index is 0.0359. The zero-order valence-electron chi connectivity index (χ0n) is 23.7. The van der Waals surface area contributed by atoms with Crippen LogP contribution in [0.2, 0.25) is 0 Å².